The first-order valence-electron chi connectivity index (χ1n) is 7.79. The van der Waals surface area contributed by atoms with Crippen LogP contribution in [0, 0.1) is 0 Å². The Morgan fingerprint density at radius 1 is 1.04 bits per heavy atom. The van der Waals surface area contributed by atoms with Gasteiger partial charge in [0, 0.05) is 23.8 Å². The van der Waals surface area contributed by atoms with Gasteiger partial charge in [-0.25, -0.2) is 4.98 Å². The number of anilines is 1. The van der Waals surface area contributed by atoms with E-state index in [0.717, 1.165) is 27.8 Å². The van der Waals surface area contributed by atoms with Gasteiger partial charge in [0.2, 0.25) is 5.91 Å². The van der Waals surface area contributed by atoms with Gasteiger partial charge < -0.3 is 10.4 Å². The van der Waals surface area contributed by atoms with Crippen LogP contribution in [-0.2, 0) is 11.2 Å². The molecular weight excluding hydrogens is 300 g/mol. The van der Waals surface area contributed by atoms with Crippen molar-refractivity contribution in [1.82, 2.24) is 4.98 Å². The molecule has 4 heteroatoms. The standard InChI is InChI=1S/C20H18N2O2/c23-14-13-15-5-8-18(9-6-15)22-20(24)12-11-17-10-7-16-3-1-2-4-19(16)21-17/h1-12,23H,13-14H2,(H,22,24). The van der Waals surface area contributed by atoms with Gasteiger partial charge in [-0.15, -0.1) is 0 Å². The summed E-state index contributed by atoms with van der Waals surface area (Å²) in [5.41, 5.74) is 3.39. The molecule has 0 atom stereocenters. The van der Waals surface area contributed by atoms with E-state index >= 15 is 0 Å². The highest BCUT2D eigenvalue weighted by Crippen LogP contribution is 2.13. The number of aliphatic hydroxyl groups excluding tert-OH is 1. The van der Waals surface area contributed by atoms with Crippen molar-refractivity contribution in [3.05, 3.63) is 78.0 Å². The number of carbonyl (C=O) groups is 1. The van der Waals surface area contributed by atoms with Gasteiger partial charge in [-0.1, -0.05) is 36.4 Å². The number of nitrogens with one attached hydrogen (secondary N) is 1. The van der Waals surface area contributed by atoms with E-state index in [2.05, 4.69) is 10.3 Å². The molecule has 3 rings (SSSR count). The maximum absolute atomic E-state index is 12.0. The van der Waals surface area contributed by atoms with Crippen LogP contribution in [0.5, 0.6) is 0 Å². The summed E-state index contributed by atoms with van der Waals surface area (Å²) in [6.07, 6.45) is 3.78. The third-order valence-electron chi connectivity index (χ3n) is 3.65. The number of fused-ring (bicyclic) bond motifs is 1. The van der Waals surface area contributed by atoms with Crippen LogP contribution >= 0.6 is 0 Å². The van der Waals surface area contributed by atoms with Crippen LogP contribution in [0.15, 0.2) is 66.7 Å². The van der Waals surface area contributed by atoms with Crippen molar-refractivity contribution < 1.29 is 9.90 Å². The first-order chi connectivity index (χ1) is 11.7. The molecule has 0 radical (unpaired) electrons. The zero-order valence-corrected chi connectivity index (χ0v) is 13.1. The number of benzene rings is 2. The first kappa shape index (κ1) is 15.9. The van der Waals surface area contributed by atoms with Crippen molar-refractivity contribution in [2.24, 2.45) is 0 Å². The molecule has 0 fully saturated rings. The highest BCUT2D eigenvalue weighted by atomic mass is 16.2. The van der Waals surface area contributed by atoms with E-state index in [1.165, 1.54) is 6.08 Å². The summed E-state index contributed by atoms with van der Waals surface area (Å²) < 4.78 is 0. The molecule has 24 heavy (non-hydrogen) atoms. The monoisotopic (exact) mass is 318 g/mol. The van der Waals surface area contributed by atoms with E-state index < -0.39 is 0 Å². The van der Waals surface area contributed by atoms with Gasteiger partial charge in [-0.3, -0.25) is 4.79 Å². The van der Waals surface area contributed by atoms with Crippen LogP contribution in [0.2, 0.25) is 0 Å². The summed E-state index contributed by atoms with van der Waals surface area (Å²) in [5, 5.41) is 12.8. The highest BCUT2D eigenvalue weighted by Gasteiger charge is 2.00. The molecule has 0 aliphatic heterocycles. The topological polar surface area (TPSA) is 62.2 Å². The largest absolute Gasteiger partial charge is 0.396 e. The van der Waals surface area contributed by atoms with Crippen LogP contribution in [0.3, 0.4) is 0 Å². The van der Waals surface area contributed by atoms with E-state index in [1.807, 2.05) is 60.7 Å². The Hall–Kier alpha value is -2.98. The maximum Gasteiger partial charge on any atom is 0.248 e. The average Bonchev–Trinajstić information content (AvgIpc) is 2.62. The molecule has 0 aliphatic rings. The third kappa shape index (κ3) is 4.06. The zero-order valence-electron chi connectivity index (χ0n) is 13.1. The van der Waals surface area contributed by atoms with Gasteiger partial charge in [-0.2, -0.15) is 0 Å². The lowest BCUT2D eigenvalue weighted by atomic mass is 10.1. The minimum Gasteiger partial charge on any atom is -0.396 e. The number of para-hydroxylation sites is 1. The molecule has 0 aliphatic carbocycles. The molecule has 3 aromatic rings. The summed E-state index contributed by atoms with van der Waals surface area (Å²) in [7, 11) is 0. The van der Waals surface area contributed by atoms with E-state index in [4.69, 9.17) is 5.11 Å². The number of aromatic nitrogens is 1. The van der Waals surface area contributed by atoms with Crippen molar-refractivity contribution in [3.63, 3.8) is 0 Å². The molecule has 0 spiro atoms. The van der Waals surface area contributed by atoms with Crippen LogP contribution in [0.4, 0.5) is 5.69 Å². The van der Waals surface area contributed by atoms with E-state index in [9.17, 15) is 4.79 Å². The summed E-state index contributed by atoms with van der Waals surface area (Å²) in [6.45, 7) is 0.118. The summed E-state index contributed by atoms with van der Waals surface area (Å²) in [4.78, 5) is 16.5. The molecule has 0 bridgehead atoms. The van der Waals surface area contributed by atoms with E-state index in [0.29, 0.717) is 6.42 Å². The van der Waals surface area contributed by atoms with Gasteiger partial charge >= 0.3 is 0 Å². The van der Waals surface area contributed by atoms with Crippen molar-refractivity contribution in [3.8, 4) is 0 Å². The molecule has 0 saturated carbocycles. The number of aliphatic hydroxyl groups is 1. The number of rotatable bonds is 5. The minimum absolute atomic E-state index is 0.118. The molecule has 1 amide bonds. The van der Waals surface area contributed by atoms with Gasteiger partial charge in [0.25, 0.3) is 0 Å². The Balaban J connectivity index is 1.65. The predicted octanol–water partition coefficient (Wildman–Crippen LogP) is 3.42. The van der Waals surface area contributed by atoms with E-state index in [1.54, 1.807) is 6.08 Å². The number of amides is 1. The molecule has 4 nitrogen and oxygen atoms in total. The van der Waals surface area contributed by atoms with Crippen molar-refractivity contribution in [2.75, 3.05) is 11.9 Å². The number of nitrogens with zero attached hydrogens (tertiary/aromatic N) is 1. The fourth-order valence-corrected chi connectivity index (χ4v) is 2.40. The number of hydrogen-bond acceptors (Lipinski definition) is 3. The minimum atomic E-state index is -0.208. The van der Waals surface area contributed by atoms with Crippen LogP contribution in [-0.4, -0.2) is 22.6 Å². The molecule has 120 valence electrons. The molecular formula is C20H18N2O2. The van der Waals surface area contributed by atoms with Crippen LogP contribution in [0.25, 0.3) is 17.0 Å². The average molecular weight is 318 g/mol. The summed E-state index contributed by atoms with van der Waals surface area (Å²) >= 11 is 0. The van der Waals surface area contributed by atoms with Crippen LogP contribution < -0.4 is 5.32 Å². The van der Waals surface area contributed by atoms with Crippen molar-refractivity contribution in [2.45, 2.75) is 6.42 Å². The summed E-state index contributed by atoms with van der Waals surface area (Å²) in [6, 6.07) is 19.2. The van der Waals surface area contributed by atoms with Gasteiger partial charge in [-0.05, 0) is 42.3 Å². The lowest BCUT2D eigenvalue weighted by molar-refractivity contribution is -0.111. The Morgan fingerprint density at radius 3 is 2.62 bits per heavy atom. The van der Waals surface area contributed by atoms with Gasteiger partial charge in [0.05, 0.1) is 11.2 Å². The number of hydrogen-bond donors (Lipinski definition) is 2. The Labute approximate surface area is 140 Å². The Kier molecular flexibility index (Phi) is 4.99. The number of pyridine rings is 1. The highest BCUT2D eigenvalue weighted by molar-refractivity contribution is 6.01. The normalized spacial score (nSPS) is 11.0. The lowest BCUT2D eigenvalue weighted by Crippen LogP contribution is -2.07. The molecule has 1 aromatic heterocycles. The summed E-state index contributed by atoms with van der Waals surface area (Å²) in [5.74, 6) is -0.208. The van der Waals surface area contributed by atoms with Crippen LogP contribution in [0.1, 0.15) is 11.3 Å². The second kappa shape index (κ2) is 7.53. The predicted molar refractivity (Wildman–Crippen MR) is 96.6 cm³/mol. The molecule has 1 heterocycles. The van der Waals surface area contributed by atoms with Gasteiger partial charge in [0.15, 0.2) is 0 Å². The second-order valence-corrected chi connectivity index (χ2v) is 5.42. The fourth-order valence-electron chi connectivity index (χ4n) is 2.40. The lowest BCUT2D eigenvalue weighted by Gasteiger charge is -2.04. The smallest absolute Gasteiger partial charge is 0.248 e. The SMILES string of the molecule is O=C(C=Cc1ccc2ccccc2n1)Nc1ccc(CCO)cc1. The van der Waals surface area contributed by atoms with Gasteiger partial charge in [0.1, 0.15) is 0 Å². The Bertz CT molecular complexity index is 870. The van der Waals surface area contributed by atoms with Crippen molar-refractivity contribution >= 4 is 28.6 Å². The molecule has 0 unspecified atom stereocenters. The maximum atomic E-state index is 12.0. The Morgan fingerprint density at radius 2 is 1.83 bits per heavy atom. The first-order valence-corrected chi connectivity index (χ1v) is 7.79. The second-order valence-electron chi connectivity index (χ2n) is 5.42. The quantitative estimate of drug-likeness (QED) is 0.709. The molecule has 2 N–H and O–H groups in total. The fraction of sp³-hybridized carbons (Fsp3) is 0.100. The third-order valence-corrected chi connectivity index (χ3v) is 3.65. The van der Waals surface area contributed by atoms with Crippen molar-refractivity contribution in [1.29, 1.82) is 0 Å². The molecule has 2 aromatic carbocycles. The number of carbonyl (C=O) groups excluding carboxylic acids is 1. The van der Waals surface area contributed by atoms with E-state index in [-0.39, 0.29) is 12.5 Å². The molecule has 0 saturated heterocycles. The zero-order chi connectivity index (χ0) is 16.8.